The molecule has 1 aliphatic rings. The highest BCUT2D eigenvalue weighted by Gasteiger charge is 2.22. The summed E-state index contributed by atoms with van der Waals surface area (Å²) in [5.74, 6) is -0.313. The van der Waals surface area contributed by atoms with Gasteiger partial charge in [-0.05, 0) is 33.6 Å². The molecule has 0 bridgehead atoms. The van der Waals surface area contributed by atoms with Gasteiger partial charge >= 0.3 is 0 Å². The molecule has 1 N–H and O–H groups in total. The fourth-order valence-electron chi connectivity index (χ4n) is 2.11. The average Bonchev–Trinajstić information content (AvgIpc) is 2.36. The quantitative estimate of drug-likeness (QED) is 0.923. The van der Waals surface area contributed by atoms with E-state index in [1.54, 1.807) is 12.1 Å². The van der Waals surface area contributed by atoms with Crippen LogP contribution in [0.4, 0.5) is 8.78 Å². The molecule has 5 heteroatoms. The largest absolute Gasteiger partial charge is 0.314 e. The zero-order chi connectivity index (χ0) is 12.3. The summed E-state index contributed by atoms with van der Waals surface area (Å²) in [7, 11) is 0. The molecule has 1 fully saturated rings. The number of alkyl halides is 1. The number of halogens is 3. The summed E-state index contributed by atoms with van der Waals surface area (Å²) >= 11 is 3.14. The molecule has 0 radical (unpaired) electrons. The third kappa shape index (κ3) is 3.03. The lowest BCUT2D eigenvalue weighted by Gasteiger charge is -2.33. The lowest BCUT2D eigenvalue weighted by Crippen LogP contribution is -2.45. The molecule has 1 aromatic rings. The molecule has 17 heavy (non-hydrogen) atoms. The maximum atomic E-state index is 13.2. The van der Waals surface area contributed by atoms with Crippen LogP contribution in [-0.2, 0) is 0 Å². The molecular weight excluding hydrogens is 290 g/mol. The molecule has 1 aromatic carbocycles. The standard InChI is InChI=1S/C12H15BrF2N2/c13-10-7-9(1-2-11(10)15)12(8-14)17-5-3-16-4-6-17/h1-2,7,12,16H,3-6,8H2/t12-/m0/s1. The van der Waals surface area contributed by atoms with Gasteiger partial charge in [0.2, 0.25) is 0 Å². The van der Waals surface area contributed by atoms with Crippen LogP contribution in [0.5, 0.6) is 0 Å². The second-order valence-electron chi connectivity index (χ2n) is 4.13. The number of benzene rings is 1. The molecule has 0 saturated carbocycles. The molecule has 0 unspecified atom stereocenters. The summed E-state index contributed by atoms with van der Waals surface area (Å²) in [4.78, 5) is 2.09. The van der Waals surface area contributed by atoms with Crippen LogP contribution in [0.1, 0.15) is 11.6 Å². The topological polar surface area (TPSA) is 15.3 Å². The van der Waals surface area contributed by atoms with Gasteiger partial charge in [0.15, 0.2) is 0 Å². The zero-order valence-corrected chi connectivity index (χ0v) is 11.0. The van der Waals surface area contributed by atoms with Gasteiger partial charge in [-0.1, -0.05) is 6.07 Å². The minimum atomic E-state index is -0.446. The molecule has 1 atom stereocenters. The molecule has 0 spiro atoms. The van der Waals surface area contributed by atoms with E-state index in [0.717, 1.165) is 31.7 Å². The maximum absolute atomic E-state index is 13.2. The summed E-state index contributed by atoms with van der Waals surface area (Å²) in [6.07, 6.45) is 0. The highest BCUT2D eigenvalue weighted by molar-refractivity contribution is 9.10. The Morgan fingerprint density at radius 3 is 2.65 bits per heavy atom. The predicted octanol–water partition coefficient (Wildman–Crippen LogP) is 2.50. The van der Waals surface area contributed by atoms with Crippen molar-refractivity contribution in [3.8, 4) is 0 Å². The van der Waals surface area contributed by atoms with E-state index in [2.05, 4.69) is 26.1 Å². The summed E-state index contributed by atoms with van der Waals surface area (Å²) in [6.45, 7) is 2.95. The molecule has 0 aromatic heterocycles. The monoisotopic (exact) mass is 304 g/mol. The van der Waals surface area contributed by atoms with E-state index in [4.69, 9.17) is 0 Å². The Bertz CT molecular complexity index is 381. The molecule has 0 amide bonds. The van der Waals surface area contributed by atoms with Gasteiger partial charge < -0.3 is 5.32 Å². The van der Waals surface area contributed by atoms with E-state index in [0.29, 0.717) is 4.47 Å². The first-order valence-corrected chi connectivity index (χ1v) is 6.47. The lowest BCUT2D eigenvalue weighted by atomic mass is 10.1. The Balaban J connectivity index is 2.18. The van der Waals surface area contributed by atoms with Crippen molar-refractivity contribution in [1.29, 1.82) is 0 Å². The van der Waals surface area contributed by atoms with Crippen LogP contribution in [0.2, 0.25) is 0 Å². The SMILES string of the molecule is FC[C@@H](c1ccc(F)c(Br)c1)N1CCNCC1. The zero-order valence-electron chi connectivity index (χ0n) is 9.43. The van der Waals surface area contributed by atoms with E-state index >= 15 is 0 Å². The van der Waals surface area contributed by atoms with Crippen LogP contribution in [0, 0.1) is 5.82 Å². The van der Waals surface area contributed by atoms with Crippen molar-refractivity contribution in [3.05, 3.63) is 34.1 Å². The van der Waals surface area contributed by atoms with Crippen molar-refractivity contribution < 1.29 is 8.78 Å². The van der Waals surface area contributed by atoms with Crippen molar-refractivity contribution >= 4 is 15.9 Å². The number of piperazine rings is 1. The minimum Gasteiger partial charge on any atom is -0.314 e. The van der Waals surface area contributed by atoms with Gasteiger partial charge in [-0.3, -0.25) is 4.90 Å². The molecule has 2 rings (SSSR count). The van der Waals surface area contributed by atoms with Crippen molar-refractivity contribution in [2.45, 2.75) is 6.04 Å². The van der Waals surface area contributed by atoms with Crippen LogP contribution in [-0.4, -0.2) is 37.8 Å². The average molecular weight is 305 g/mol. The predicted molar refractivity (Wildman–Crippen MR) is 67.3 cm³/mol. The lowest BCUT2D eigenvalue weighted by molar-refractivity contribution is 0.147. The second-order valence-corrected chi connectivity index (χ2v) is 4.98. The fraction of sp³-hybridized carbons (Fsp3) is 0.500. The fourth-order valence-corrected chi connectivity index (χ4v) is 2.51. The van der Waals surface area contributed by atoms with Gasteiger partial charge in [0, 0.05) is 26.2 Å². The molecule has 1 aliphatic heterocycles. The first-order valence-electron chi connectivity index (χ1n) is 5.68. The third-order valence-corrected chi connectivity index (χ3v) is 3.67. The van der Waals surface area contributed by atoms with Gasteiger partial charge in [0.25, 0.3) is 0 Å². The van der Waals surface area contributed by atoms with Crippen molar-refractivity contribution in [1.82, 2.24) is 10.2 Å². The first kappa shape index (κ1) is 12.9. The van der Waals surface area contributed by atoms with Crippen LogP contribution in [0.15, 0.2) is 22.7 Å². The Kier molecular flexibility index (Phi) is 4.48. The number of nitrogens with zero attached hydrogens (tertiary/aromatic N) is 1. The summed E-state index contributed by atoms with van der Waals surface area (Å²) in [6, 6.07) is 4.44. The first-order chi connectivity index (χ1) is 8.22. The Labute approximate surface area is 108 Å². The van der Waals surface area contributed by atoms with Gasteiger partial charge in [-0.2, -0.15) is 0 Å². The molecular formula is C12H15BrF2N2. The number of hydrogen-bond donors (Lipinski definition) is 1. The van der Waals surface area contributed by atoms with Crippen LogP contribution in [0.25, 0.3) is 0 Å². The van der Waals surface area contributed by atoms with Gasteiger partial charge in [-0.15, -0.1) is 0 Å². The van der Waals surface area contributed by atoms with Gasteiger partial charge in [0.05, 0.1) is 10.5 Å². The van der Waals surface area contributed by atoms with Gasteiger partial charge in [-0.25, -0.2) is 8.78 Å². The van der Waals surface area contributed by atoms with Crippen molar-refractivity contribution in [3.63, 3.8) is 0 Å². The summed E-state index contributed by atoms with van der Waals surface area (Å²) in [5.41, 5.74) is 0.822. The Hall–Kier alpha value is -0.520. The summed E-state index contributed by atoms with van der Waals surface area (Å²) < 4.78 is 26.7. The van der Waals surface area contributed by atoms with Crippen LogP contribution < -0.4 is 5.32 Å². The van der Waals surface area contributed by atoms with Crippen molar-refractivity contribution in [2.75, 3.05) is 32.9 Å². The Morgan fingerprint density at radius 1 is 1.35 bits per heavy atom. The Morgan fingerprint density at radius 2 is 2.06 bits per heavy atom. The van der Waals surface area contributed by atoms with Crippen LogP contribution in [0.3, 0.4) is 0 Å². The van der Waals surface area contributed by atoms with Crippen LogP contribution >= 0.6 is 15.9 Å². The second kappa shape index (κ2) is 5.89. The van der Waals surface area contributed by atoms with E-state index in [9.17, 15) is 8.78 Å². The van der Waals surface area contributed by atoms with E-state index in [-0.39, 0.29) is 11.9 Å². The van der Waals surface area contributed by atoms with E-state index in [1.165, 1.54) is 6.07 Å². The van der Waals surface area contributed by atoms with Gasteiger partial charge in [0.1, 0.15) is 12.5 Å². The minimum absolute atomic E-state index is 0.269. The molecule has 2 nitrogen and oxygen atoms in total. The van der Waals surface area contributed by atoms with E-state index in [1.807, 2.05) is 0 Å². The number of hydrogen-bond acceptors (Lipinski definition) is 2. The summed E-state index contributed by atoms with van der Waals surface area (Å²) in [5, 5.41) is 3.23. The highest BCUT2D eigenvalue weighted by atomic mass is 79.9. The smallest absolute Gasteiger partial charge is 0.137 e. The molecule has 0 aliphatic carbocycles. The normalized spacial score (nSPS) is 19.2. The number of rotatable bonds is 3. The third-order valence-electron chi connectivity index (χ3n) is 3.07. The molecule has 1 heterocycles. The molecule has 94 valence electrons. The number of nitrogens with one attached hydrogen (secondary N) is 1. The van der Waals surface area contributed by atoms with Crippen molar-refractivity contribution in [2.24, 2.45) is 0 Å². The molecule has 1 saturated heterocycles. The highest BCUT2D eigenvalue weighted by Crippen LogP contribution is 2.26. The van der Waals surface area contributed by atoms with E-state index < -0.39 is 6.67 Å². The maximum Gasteiger partial charge on any atom is 0.137 e.